The first kappa shape index (κ1) is 30.7. The maximum atomic E-state index is 10.7. The summed E-state index contributed by atoms with van der Waals surface area (Å²) in [5.41, 5.74) is 12.4. The van der Waals surface area contributed by atoms with Crippen LogP contribution < -0.4 is 0 Å². The lowest BCUT2D eigenvalue weighted by Crippen LogP contribution is -2.02. The van der Waals surface area contributed by atoms with Crippen molar-refractivity contribution in [3.05, 3.63) is 181 Å². The van der Waals surface area contributed by atoms with Gasteiger partial charge in [0, 0.05) is 43.7 Å². The van der Waals surface area contributed by atoms with E-state index >= 15 is 0 Å². The van der Waals surface area contributed by atoms with Crippen molar-refractivity contribution in [2.45, 2.75) is 0 Å². The standard InChI is InChI=1S/C50H28N4O/c51-29-32-11-1-2-12-35(32)31-21-23-36(33(27-31)30-52)39-24-22-34(28-47(39)54-43-17-7-3-13-37(43)38-14-4-8-18-44(38)54)53-45-19-9-5-16-42(45)49-46(53)26-25-41-40-15-6-10-20-48(40)55-50(41)49/h1-28H. The Balaban J connectivity index is 1.22. The van der Waals surface area contributed by atoms with Crippen LogP contribution in [0.2, 0.25) is 0 Å². The lowest BCUT2D eigenvalue weighted by atomic mass is 9.92. The first-order chi connectivity index (χ1) is 27.2. The molecule has 0 aliphatic carbocycles. The van der Waals surface area contributed by atoms with E-state index in [0.29, 0.717) is 11.1 Å². The summed E-state index contributed by atoms with van der Waals surface area (Å²) < 4.78 is 11.2. The monoisotopic (exact) mass is 700 g/mol. The van der Waals surface area contributed by atoms with Gasteiger partial charge in [-0.25, -0.2) is 0 Å². The molecular weight excluding hydrogens is 673 g/mol. The fourth-order valence-electron chi connectivity index (χ4n) is 8.64. The van der Waals surface area contributed by atoms with Crippen molar-refractivity contribution in [2.75, 3.05) is 0 Å². The van der Waals surface area contributed by atoms with Gasteiger partial charge in [0.15, 0.2) is 0 Å². The van der Waals surface area contributed by atoms with Crippen LogP contribution in [-0.4, -0.2) is 9.13 Å². The zero-order valence-corrected chi connectivity index (χ0v) is 29.4. The molecule has 5 heteroatoms. The zero-order chi connectivity index (χ0) is 36.6. The second-order valence-corrected chi connectivity index (χ2v) is 13.9. The highest BCUT2D eigenvalue weighted by atomic mass is 16.3. The van der Waals surface area contributed by atoms with Crippen LogP contribution in [0.25, 0.3) is 99.2 Å². The third kappa shape index (κ3) is 4.45. The number of nitriles is 2. The lowest BCUT2D eigenvalue weighted by molar-refractivity contribution is 0.673. The molecule has 0 saturated carbocycles. The van der Waals surface area contributed by atoms with Gasteiger partial charge in [-0.05, 0) is 71.8 Å². The average molecular weight is 701 g/mol. The number of benzene rings is 8. The Kier molecular flexibility index (Phi) is 6.61. The maximum absolute atomic E-state index is 10.7. The highest BCUT2D eigenvalue weighted by Gasteiger charge is 2.22. The van der Waals surface area contributed by atoms with Crippen molar-refractivity contribution in [3.8, 4) is 45.8 Å². The van der Waals surface area contributed by atoms with Crippen LogP contribution in [0.5, 0.6) is 0 Å². The summed E-state index contributed by atoms with van der Waals surface area (Å²) in [7, 11) is 0. The largest absolute Gasteiger partial charge is 0.455 e. The van der Waals surface area contributed by atoms with Gasteiger partial charge in [0.1, 0.15) is 11.2 Å². The zero-order valence-electron chi connectivity index (χ0n) is 29.4. The van der Waals surface area contributed by atoms with Gasteiger partial charge in [-0.3, -0.25) is 0 Å². The number of hydrogen-bond acceptors (Lipinski definition) is 3. The SMILES string of the molecule is N#Cc1ccccc1-c1ccc(-c2ccc(-n3c4ccccc4c4c5oc6ccccc6c5ccc43)cc2-n2c3ccccc3c3ccccc32)c(C#N)c1. The van der Waals surface area contributed by atoms with Gasteiger partial charge in [0.25, 0.3) is 0 Å². The minimum absolute atomic E-state index is 0.532. The summed E-state index contributed by atoms with van der Waals surface area (Å²) in [6.07, 6.45) is 0. The van der Waals surface area contributed by atoms with E-state index in [1.165, 1.54) is 0 Å². The van der Waals surface area contributed by atoms with Gasteiger partial charge in [0.05, 0.1) is 56.4 Å². The van der Waals surface area contributed by atoms with Crippen LogP contribution in [-0.2, 0) is 0 Å². The van der Waals surface area contributed by atoms with Gasteiger partial charge in [-0.1, -0.05) is 109 Å². The van der Waals surface area contributed by atoms with Crippen molar-refractivity contribution < 1.29 is 4.42 Å². The molecule has 3 heterocycles. The van der Waals surface area contributed by atoms with Crippen molar-refractivity contribution in [2.24, 2.45) is 0 Å². The minimum atomic E-state index is 0.532. The van der Waals surface area contributed by atoms with Gasteiger partial charge < -0.3 is 13.6 Å². The third-order valence-corrected chi connectivity index (χ3v) is 11.0. The molecule has 0 aliphatic rings. The summed E-state index contributed by atoms with van der Waals surface area (Å²) in [6, 6.07) is 62.9. The molecule has 0 amide bonds. The molecule has 254 valence electrons. The van der Waals surface area contributed by atoms with Gasteiger partial charge in [-0.2, -0.15) is 10.5 Å². The Morgan fingerprint density at radius 1 is 0.418 bits per heavy atom. The Hall–Kier alpha value is -7.86. The second-order valence-electron chi connectivity index (χ2n) is 13.9. The van der Waals surface area contributed by atoms with Crippen LogP contribution in [0.1, 0.15) is 11.1 Å². The van der Waals surface area contributed by atoms with Crippen molar-refractivity contribution in [3.63, 3.8) is 0 Å². The molecule has 55 heavy (non-hydrogen) atoms. The molecule has 0 radical (unpaired) electrons. The molecule has 3 aromatic heterocycles. The van der Waals surface area contributed by atoms with Crippen molar-refractivity contribution in [1.29, 1.82) is 10.5 Å². The van der Waals surface area contributed by atoms with E-state index in [1.807, 2.05) is 54.6 Å². The highest BCUT2D eigenvalue weighted by molar-refractivity contribution is 6.24. The fraction of sp³-hybridized carbons (Fsp3) is 0. The molecule has 0 fully saturated rings. The molecule has 0 saturated heterocycles. The summed E-state index contributed by atoms with van der Waals surface area (Å²) in [6.45, 7) is 0. The average Bonchev–Trinajstić information content (AvgIpc) is 3.91. The number of aromatic nitrogens is 2. The summed E-state index contributed by atoms with van der Waals surface area (Å²) >= 11 is 0. The van der Waals surface area contributed by atoms with Crippen LogP contribution in [0.3, 0.4) is 0 Å². The van der Waals surface area contributed by atoms with Gasteiger partial charge >= 0.3 is 0 Å². The lowest BCUT2D eigenvalue weighted by Gasteiger charge is -2.18. The number of hydrogen-bond donors (Lipinski definition) is 0. The molecule has 5 nitrogen and oxygen atoms in total. The summed E-state index contributed by atoms with van der Waals surface area (Å²) in [5.74, 6) is 0. The summed E-state index contributed by atoms with van der Waals surface area (Å²) in [5, 5.41) is 27.2. The Labute approximate surface area is 315 Å². The molecule has 0 aliphatic heterocycles. The van der Waals surface area contributed by atoms with Gasteiger partial charge in [-0.15, -0.1) is 0 Å². The molecule has 0 unspecified atom stereocenters. The minimum Gasteiger partial charge on any atom is -0.455 e. The van der Waals surface area contributed by atoms with Crippen LogP contribution >= 0.6 is 0 Å². The Morgan fingerprint density at radius 2 is 1.04 bits per heavy atom. The molecule has 11 aromatic rings. The number of nitrogens with zero attached hydrogens (tertiary/aromatic N) is 4. The second kappa shape index (κ2) is 11.8. The normalized spacial score (nSPS) is 11.6. The topological polar surface area (TPSA) is 70.6 Å². The predicted octanol–water partition coefficient (Wildman–Crippen LogP) is 12.9. The van der Waals surface area contributed by atoms with E-state index in [1.54, 1.807) is 0 Å². The van der Waals surface area contributed by atoms with Crippen LogP contribution in [0, 0.1) is 22.7 Å². The molecular formula is C50H28N4O. The molecule has 0 atom stereocenters. The molecule has 11 rings (SSSR count). The number of fused-ring (bicyclic) bond motifs is 10. The quantitative estimate of drug-likeness (QED) is 0.183. The van der Waals surface area contributed by atoms with E-state index in [0.717, 1.165) is 99.2 Å². The van der Waals surface area contributed by atoms with E-state index in [9.17, 15) is 10.5 Å². The van der Waals surface area contributed by atoms with Crippen molar-refractivity contribution >= 4 is 65.6 Å². The number of furan rings is 1. The number of para-hydroxylation sites is 4. The van der Waals surface area contributed by atoms with E-state index in [-0.39, 0.29) is 0 Å². The van der Waals surface area contributed by atoms with Crippen LogP contribution in [0.15, 0.2) is 174 Å². The Morgan fingerprint density at radius 3 is 1.78 bits per heavy atom. The Bertz CT molecular complexity index is 3420. The molecule has 8 aromatic carbocycles. The predicted molar refractivity (Wildman–Crippen MR) is 223 cm³/mol. The first-order valence-corrected chi connectivity index (χ1v) is 18.2. The van der Waals surface area contributed by atoms with Crippen molar-refractivity contribution in [1.82, 2.24) is 9.13 Å². The van der Waals surface area contributed by atoms with E-state index in [4.69, 9.17) is 4.42 Å². The maximum Gasteiger partial charge on any atom is 0.145 e. The van der Waals surface area contributed by atoms with Crippen LogP contribution in [0.4, 0.5) is 0 Å². The molecule has 0 spiro atoms. The van der Waals surface area contributed by atoms with E-state index < -0.39 is 0 Å². The fourth-order valence-corrected chi connectivity index (χ4v) is 8.64. The smallest absolute Gasteiger partial charge is 0.145 e. The van der Waals surface area contributed by atoms with E-state index in [2.05, 4.69) is 137 Å². The van der Waals surface area contributed by atoms with Gasteiger partial charge in [0.2, 0.25) is 0 Å². The summed E-state index contributed by atoms with van der Waals surface area (Å²) in [4.78, 5) is 0. The highest BCUT2D eigenvalue weighted by Crippen LogP contribution is 2.43. The molecule has 0 bridgehead atoms. The first-order valence-electron chi connectivity index (χ1n) is 18.2. The molecule has 0 N–H and O–H groups in total. The number of rotatable bonds is 4. The third-order valence-electron chi connectivity index (χ3n) is 11.0.